The van der Waals surface area contributed by atoms with Gasteiger partial charge in [0.1, 0.15) is 5.75 Å². The molecule has 8 heteroatoms. The second-order valence-corrected chi connectivity index (χ2v) is 6.54. The van der Waals surface area contributed by atoms with E-state index in [-0.39, 0.29) is 17.8 Å². The number of fused-ring (bicyclic) bond motifs is 1. The van der Waals surface area contributed by atoms with Crippen LogP contribution in [0, 0.1) is 0 Å². The number of nitrogens with zero attached hydrogens (tertiary/aromatic N) is 1. The van der Waals surface area contributed by atoms with Crippen LogP contribution in [0.5, 0.6) is 5.75 Å². The Morgan fingerprint density at radius 1 is 1.35 bits per heavy atom. The number of hydrogen-bond donors (Lipinski definition) is 2. The van der Waals surface area contributed by atoms with Crippen molar-refractivity contribution in [3.8, 4) is 5.75 Å². The van der Waals surface area contributed by atoms with Crippen LogP contribution in [0.3, 0.4) is 0 Å². The summed E-state index contributed by atoms with van der Waals surface area (Å²) >= 11 is 0. The first-order valence-corrected chi connectivity index (χ1v) is 9.04. The predicted octanol–water partition coefficient (Wildman–Crippen LogP) is 2.30. The Bertz CT molecular complexity index is 609. The van der Waals surface area contributed by atoms with E-state index in [4.69, 9.17) is 4.74 Å². The van der Waals surface area contributed by atoms with Gasteiger partial charge in [0.25, 0.3) is 0 Å². The van der Waals surface area contributed by atoms with Gasteiger partial charge in [-0.3, -0.25) is 4.90 Å². The Balaban J connectivity index is 1.49. The SMILES string of the molecule is O=C(NCCN1CCOCC1)NC1CCCc2cc(OC(F)F)ccc21. The molecule has 1 aromatic carbocycles. The molecular weight excluding hydrogens is 344 g/mol. The number of morpholine rings is 1. The fourth-order valence-corrected chi connectivity index (χ4v) is 3.48. The number of carbonyl (C=O) groups excluding carboxylic acids is 1. The average molecular weight is 369 g/mol. The monoisotopic (exact) mass is 369 g/mol. The normalized spacial score (nSPS) is 20.5. The molecule has 144 valence electrons. The van der Waals surface area contributed by atoms with Crippen molar-refractivity contribution >= 4 is 6.03 Å². The molecule has 0 spiro atoms. The van der Waals surface area contributed by atoms with Crippen LogP contribution >= 0.6 is 0 Å². The Morgan fingerprint density at radius 3 is 2.92 bits per heavy atom. The van der Waals surface area contributed by atoms with Crippen molar-refractivity contribution in [2.45, 2.75) is 31.9 Å². The Hall–Kier alpha value is -1.93. The molecule has 0 radical (unpaired) electrons. The lowest BCUT2D eigenvalue weighted by Crippen LogP contribution is -2.44. The zero-order valence-corrected chi connectivity index (χ0v) is 14.7. The summed E-state index contributed by atoms with van der Waals surface area (Å²) in [5.41, 5.74) is 1.93. The number of urea groups is 1. The van der Waals surface area contributed by atoms with Gasteiger partial charge in [0.05, 0.1) is 19.3 Å². The highest BCUT2D eigenvalue weighted by Gasteiger charge is 2.22. The van der Waals surface area contributed by atoms with E-state index in [0.29, 0.717) is 6.54 Å². The number of nitrogens with one attached hydrogen (secondary N) is 2. The van der Waals surface area contributed by atoms with Crippen LogP contribution < -0.4 is 15.4 Å². The van der Waals surface area contributed by atoms with Crippen molar-refractivity contribution < 1.29 is 23.0 Å². The molecule has 1 atom stereocenters. The minimum atomic E-state index is -2.83. The van der Waals surface area contributed by atoms with Crippen molar-refractivity contribution in [1.29, 1.82) is 0 Å². The molecule has 1 saturated heterocycles. The molecule has 0 saturated carbocycles. The van der Waals surface area contributed by atoms with E-state index in [1.807, 2.05) is 0 Å². The largest absolute Gasteiger partial charge is 0.435 e. The molecule has 1 aliphatic heterocycles. The summed E-state index contributed by atoms with van der Waals surface area (Å²) in [6, 6.07) is 4.63. The Morgan fingerprint density at radius 2 is 2.15 bits per heavy atom. The minimum absolute atomic E-state index is 0.109. The smallest absolute Gasteiger partial charge is 0.387 e. The number of alkyl halides is 2. The van der Waals surface area contributed by atoms with Gasteiger partial charge in [-0.2, -0.15) is 8.78 Å². The lowest BCUT2D eigenvalue weighted by atomic mass is 9.87. The maximum absolute atomic E-state index is 12.4. The molecule has 26 heavy (non-hydrogen) atoms. The van der Waals surface area contributed by atoms with Gasteiger partial charge < -0.3 is 20.1 Å². The van der Waals surface area contributed by atoms with Gasteiger partial charge >= 0.3 is 12.6 Å². The Labute approximate surface area is 151 Å². The molecule has 0 aromatic heterocycles. The average Bonchev–Trinajstić information content (AvgIpc) is 2.62. The zero-order valence-electron chi connectivity index (χ0n) is 14.7. The van der Waals surface area contributed by atoms with Crippen LogP contribution in [-0.2, 0) is 11.2 Å². The van der Waals surface area contributed by atoms with E-state index in [0.717, 1.165) is 63.2 Å². The number of rotatable bonds is 6. The maximum Gasteiger partial charge on any atom is 0.387 e. The van der Waals surface area contributed by atoms with Crippen molar-refractivity contribution in [2.24, 2.45) is 0 Å². The second-order valence-electron chi connectivity index (χ2n) is 6.54. The number of carbonyl (C=O) groups is 1. The molecule has 2 amide bonds. The number of aryl methyl sites for hydroxylation is 1. The zero-order chi connectivity index (χ0) is 18.4. The third-order valence-corrected chi connectivity index (χ3v) is 4.78. The van der Waals surface area contributed by atoms with E-state index < -0.39 is 6.61 Å². The van der Waals surface area contributed by atoms with Crippen LogP contribution in [0.15, 0.2) is 18.2 Å². The fourth-order valence-electron chi connectivity index (χ4n) is 3.48. The lowest BCUT2D eigenvalue weighted by Gasteiger charge is -2.28. The van der Waals surface area contributed by atoms with Gasteiger partial charge in [0.15, 0.2) is 0 Å². The third kappa shape index (κ3) is 5.28. The Kier molecular flexibility index (Phi) is 6.62. The van der Waals surface area contributed by atoms with Crippen molar-refractivity contribution in [3.63, 3.8) is 0 Å². The van der Waals surface area contributed by atoms with Crippen LogP contribution in [0.4, 0.5) is 13.6 Å². The molecule has 2 N–H and O–H groups in total. The van der Waals surface area contributed by atoms with Crippen LogP contribution in [0.2, 0.25) is 0 Å². The van der Waals surface area contributed by atoms with E-state index in [1.54, 1.807) is 12.1 Å². The maximum atomic E-state index is 12.4. The van der Waals surface area contributed by atoms with E-state index in [9.17, 15) is 13.6 Å². The highest BCUT2D eigenvalue weighted by Crippen LogP contribution is 2.32. The molecular formula is C18H25F2N3O3. The summed E-state index contributed by atoms with van der Waals surface area (Å²) in [5, 5.41) is 5.88. The molecule has 1 aromatic rings. The fraction of sp³-hybridized carbons (Fsp3) is 0.611. The van der Waals surface area contributed by atoms with Gasteiger partial charge in [-0.1, -0.05) is 6.07 Å². The van der Waals surface area contributed by atoms with Crippen LogP contribution in [-0.4, -0.2) is 56.9 Å². The van der Waals surface area contributed by atoms with Gasteiger partial charge in [0.2, 0.25) is 0 Å². The first-order chi connectivity index (χ1) is 12.6. The second kappa shape index (κ2) is 9.14. The molecule has 2 aliphatic rings. The summed E-state index contributed by atoms with van der Waals surface area (Å²) in [4.78, 5) is 14.4. The first-order valence-electron chi connectivity index (χ1n) is 9.04. The van der Waals surface area contributed by atoms with E-state index >= 15 is 0 Å². The number of ether oxygens (including phenoxy) is 2. The highest BCUT2D eigenvalue weighted by molar-refractivity contribution is 5.74. The molecule has 6 nitrogen and oxygen atoms in total. The molecule has 1 heterocycles. The molecule has 1 unspecified atom stereocenters. The predicted molar refractivity (Wildman–Crippen MR) is 92.5 cm³/mol. The quantitative estimate of drug-likeness (QED) is 0.808. The minimum Gasteiger partial charge on any atom is -0.435 e. The van der Waals surface area contributed by atoms with Gasteiger partial charge in [-0.15, -0.1) is 0 Å². The number of benzene rings is 1. The summed E-state index contributed by atoms with van der Waals surface area (Å²) < 4.78 is 34.5. The highest BCUT2D eigenvalue weighted by atomic mass is 19.3. The number of amides is 2. The lowest BCUT2D eigenvalue weighted by molar-refractivity contribution is -0.0499. The summed E-state index contributed by atoms with van der Waals surface area (Å²) in [6.07, 6.45) is 2.52. The molecule has 1 fully saturated rings. The number of hydrogen-bond acceptors (Lipinski definition) is 4. The van der Waals surface area contributed by atoms with Crippen molar-refractivity contribution in [2.75, 3.05) is 39.4 Å². The van der Waals surface area contributed by atoms with Gasteiger partial charge in [-0.05, 0) is 42.5 Å². The van der Waals surface area contributed by atoms with Gasteiger partial charge in [-0.25, -0.2) is 4.79 Å². The standard InChI is InChI=1S/C18H25F2N3O3/c19-17(20)26-14-4-5-15-13(12-14)2-1-3-16(15)22-18(24)21-6-7-23-8-10-25-11-9-23/h4-5,12,16-17H,1-3,6-11H2,(H2,21,22,24). The number of halogens is 2. The van der Waals surface area contributed by atoms with Crippen molar-refractivity contribution in [3.05, 3.63) is 29.3 Å². The molecule has 0 bridgehead atoms. The molecule has 3 rings (SSSR count). The van der Waals surface area contributed by atoms with E-state index in [1.165, 1.54) is 6.07 Å². The first kappa shape index (κ1) is 18.8. The van der Waals surface area contributed by atoms with Crippen molar-refractivity contribution in [1.82, 2.24) is 15.5 Å². The third-order valence-electron chi connectivity index (χ3n) is 4.78. The topological polar surface area (TPSA) is 62.8 Å². The van der Waals surface area contributed by atoms with Crippen LogP contribution in [0.25, 0.3) is 0 Å². The summed E-state index contributed by atoms with van der Waals surface area (Å²) in [5.74, 6) is 0.161. The van der Waals surface area contributed by atoms with Gasteiger partial charge in [0, 0.05) is 26.2 Å². The van der Waals surface area contributed by atoms with E-state index in [2.05, 4.69) is 20.3 Å². The summed E-state index contributed by atoms with van der Waals surface area (Å²) in [6.45, 7) is 1.80. The van der Waals surface area contributed by atoms with Crippen LogP contribution in [0.1, 0.15) is 30.0 Å². The molecule has 1 aliphatic carbocycles. The summed E-state index contributed by atoms with van der Waals surface area (Å²) in [7, 11) is 0.